The van der Waals surface area contributed by atoms with Crippen LogP contribution in [0.1, 0.15) is 41.0 Å². The molecule has 0 saturated carbocycles. The molecule has 1 N–H and O–H groups in total. The molecular weight excluding hydrogens is 400 g/mol. The van der Waals surface area contributed by atoms with Crippen LogP contribution in [0.4, 0.5) is 0 Å². The van der Waals surface area contributed by atoms with Gasteiger partial charge in [-0.3, -0.25) is 4.79 Å². The maximum absolute atomic E-state index is 12.7. The average molecular weight is 423 g/mol. The van der Waals surface area contributed by atoms with Gasteiger partial charge in [0.05, 0.1) is 6.04 Å². The van der Waals surface area contributed by atoms with Crippen molar-refractivity contribution in [3.63, 3.8) is 0 Å². The number of hydrogen-bond donors (Lipinski definition) is 1. The molecule has 0 spiro atoms. The van der Waals surface area contributed by atoms with Crippen LogP contribution in [0.3, 0.4) is 0 Å². The van der Waals surface area contributed by atoms with Crippen molar-refractivity contribution in [2.45, 2.75) is 30.7 Å². The Bertz CT molecular complexity index is 934. The highest BCUT2D eigenvalue weighted by molar-refractivity contribution is 7.89. The van der Waals surface area contributed by atoms with E-state index in [1.807, 2.05) is 37.3 Å². The van der Waals surface area contributed by atoms with Crippen molar-refractivity contribution in [3.05, 3.63) is 52.2 Å². The Morgan fingerprint density at radius 1 is 1.18 bits per heavy atom. The summed E-state index contributed by atoms with van der Waals surface area (Å²) in [6, 6.07) is 10.6. The Labute approximate surface area is 168 Å². The summed E-state index contributed by atoms with van der Waals surface area (Å²) in [6.45, 7) is 2.26. The fourth-order valence-electron chi connectivity index (χ4n) is 3.02. The van der Waals surface area contributed by atoms with Gasteiger partial charge in [-0.15, -0.1) is 11.3 Å². The zero-order chi connectivity index (χ0) is 20.1. The molecule has 2 heterocycles. The monoisotopic (exact) mass is 422 g/mol. The van der Waals surface area contributed by atoms with Crippen molar-refractivity contribution < 1.29 is 22.7 Å². The smallest absolute Gasteiger partial charge is 0.350 e. The van der Waals surface area contributed by atoms with Crippen molar-refractivity contribution in [1.82, 2.24) is 9.62 Å². The number of sulfonamides is 1. The number of thiophene rings is 1. The normalized spacial score (nSPS) is 15.9. The molecule has 1 aromatic heterocycles. The van der Waals surface area contributed by atoms with Crippen molar-refractivity contribution in [1.29, 1.82) is 0 Å². The number of carbonyl (C=O) groups is 2. The van der Waals surface area contributed by atoms with Crippen LogP contribution in [-0.4, -0.2) is 44.3 Å². The Balaban J connectivity index is 1.60. The first-order valence-electron chi connectivity index (χ1n) is 8.98. The number of hydrogen-bond acceptors (Lipinski definition) is 6. The van der Waals surface area contributed by atoms with E-state index < -0.39 is 28.5 Å². The SMILES string of the molecule is CC(NC(=O)COC(=O)c1sccc1S(=O)(=O)N1CCCC1)c1ccccc1. The first-order valence-corrected chi connectivity index (χ1v) is 11.3. The maximum Gasteiger partial charge on any atom is 0.350 e. The molecule has 150 valence electrons. The molecule has 3 rings (SSSR count). The number of amides is 1. The van der Waals surface area contributed by atoms with Gasteiger partial charge in [-0.25, -0.2) is 13.2 Å². The van der Waals surface area contributed by atoms with Crippen LogP contribution >= 0.6 is 11.3 Å². The Morgan fingerprint density at radius 2 is 1.86 bits per heavy atom. The first kappa shape index (κ1) is 20.5. The van der Waals surface area contributed by atoms with E-state index in [9.17, 15) is 18.0 Å². The lowest BCUT2D eigenvalue weighted by atomic mass is 10.1. The fourth-order valence-corrected chi connectivity index (χ4v) is 5.82. The lowest BCUT2D eigenvalue weighted by Crippen LogP contribution is -2.31. The van der Waals surface area contributed by atoms with Crippen LogP contribution in [0, 0.1) is 0 Å². The van der Waals surface area contributed by atoms with E-state index in [0.717, 1.165) is 29.7 Å². The average Bonchev–Trinajstić information content (AvgIpc) is 3.39. The van der Waals surface area contributed by atoms with Crippen LogP contribution in [0.15, 0.2) is 46.7 Å². The summed E-state index contributed by atoms with van der Waals surface area (Å²) in [6.07, 6.45) is 1.62. The molecule has 2 aromatic rings. The highest BCUT2D eigenvalue weighted by Crippen LogP contribution is 2.28. The van der Waals surface area contributed by atoms with Crippen LogP contribution in [-0.2, 0) is 19.6 Å². The summed E-state index contributed by atoms with van der Waals surface area (Å²) in [7, 11) is -3.72. The number of nitrogens with zero attached hydrogens (tertiary/aromatic N) is 1. The van der Waals surface area contributed by atoms with Gasteiger partial charge in [0.25, 0.3) is 5.91 Å². The highest BCUT2D eigenvalue weighted by Gasteiger charge is 2.32. The van der Waals surface area contributed by atoms with Gasteiger partial charge in [0.2, 0.25) is 10.0 Å². The predicted octanol–water partition coefficient (Wildman–Crippen LogP) is 2.57. The number of benzene rings is 1. The second-order valence-corrected chi connectivity index (χ2v) is 9.32. The molecule has 1 aromatic carbocycles. The fraction of sp³-hybridized carbons (Fsp3) is 0.368. The van der Waals surface area contributed by atoms with E-state index in [0.29, 0.717) is 13.1 Å². The Morgan fingerprint density at radius 3 is 2.54 bits per heavy atom. The van der Waals surface area contributed by atoms with Crippen molar-refractivity contribution in [2.75, 3.05) is 19.7 Å². The molecule has 28 heavy (non-hydrogen) atoms. The van der Waals surface area contributed by atoms with Crippen molar-refractivity contribution in [3.8, 4) is 0 Å². The minimum atomic E-state index is -3.72. The number of nitrogens with one attached hydrogen (secondary N) is 1. The number of carbonyl (C=O) groups excluding carboxylic acids is 2. The minimum Gasteiger partial charge on any atom is -0.451 e. The standard InChI is InChI=1S/C19H22N2O5S2/c1-14(15-7-3-2-4-8-15)20-17(22)13-26-19(23)18-16(9-12-27-18)28(24,25)21-10-5-6-11-21/h2-4,7-9,12,14H,5-6,10-11,13H2,1H3,(H,20,22). The van der Waals surface area contributed by atoms with Crippen LogP contribution in [0.25, 0.3) is 0 Å². The third-order valence-electron chi connectivity index (χ3n) is 4.51. The summed E-state index contributed by atoms with van der Waals surface area (Å²) in [5.41, 5.74) is 0.930. The van der Waals surface area contributed by atoms with Gasteiger partial charge in [-0.1, -0.05) is 30.3 Å². The molecule has 0 bridgehead atoms. The van der Waals surface area contributed by atoms with E-state index in [-0.39, 0.29) is 15.8 Å². The number of rotatable bonds is 7. The van der Waals surface area contributed by atoms with Gasteiger partial charge in [0.1, 0.15) is 9.77 Å². The van der Waals surface area contributed by atoms with Gasteiger partial charge in [-0.2, -0.15) is 4.31 Å². The highest BCUT2D eigenvalue weighted by atomic mass is 32.2. The molecule has 0 aliphatic carbocycles. The Kier molecular flexibility index (Phi) is 6.48. The minimum absolute atomic E-state index is 0.00388. The predicted molar refractivity (Wildman–Crippen MR) is 106 cm³/mol. The largest absolute Gasteiger partial charge is 0.451 e. The summed E-state index contributed by atoms with van der Waals surface area (Å²) in [4.78, 5) is 24.4. The summed E-state index contributed by atoms with van der Waals surface area (Å²) < 4.78 is 31.8. The molecular formula is C19H22N2O5S2. The molecule has 1 saturated heterocycles. The van der Waals surface area contributed by atoms with E-state index in [1.165, 1.54) is 15.8 Å². The molecule has 1 aliphatic rings. The molecule has 1 aliphatic heterocycles. The number of ether oxygens (including phenoxy) is 1. The van der Waals surface area contributed by atoms with Crippen LogP contribution in [0.5, 0.6) is 0 Å². The zero-order valence-corrected chi connectivity index (χ0v) is 17.1. The van der Waals surface area contributed by atoms with E-state index in [2.05, 4.69) is 5.32 Å². The summed E-state index contributed by atoms with van der Waals surface area (Å²) in [5, 5.41) is 4.29. The lowest BCUT2D eigenvalue weighted by Gasteiger charge is -2.16. The Hall–Kier alpha value is -2.23. The molecule has 1 atom stereocenters. The molecule has 9 heteroatoms. The third-order valence-corrected chi connectivity index (χ3v) is 7.47. The molecule has 0 radical (unpaired) electrons. The van der Waals surface area contributed by atoms with Gasteiger partial charge in [0, 0.05) is 13.1 Å². The molecule has 1 amide bonds. The lowest BCUT2D eigenvalue weighted by molar-refractivity contribution is -0.124. The number of esters is 1. The van der Waals surface area contributed by atoms with Gasteiger partial charge < -0.3 is 10.1 Å². The second-order valence-electron chi connectivity index (χ2n) is 6.50. The van der Waals surface area contributed by atoms with E-state index in [1.54, 1.807) is 0 Å². The van der Waals surface area contributed by atoms with E-state index >= 15 is 0 Å². The molecule has 7 nitrogen and oxygen atoms in total. The van der Waals surface area contributed by atoms with E-state index in [4.69, 9.17) is 4.74 Å². The second kappa shape index (κ2) is 8.85. The van der Waals surface area contributed by atoms with Gasteiger partial charge >= 0.3 is 5.97 Å². The third kappa shape index (κ3) is 4.60. The first-order chi connectivity index (χ1) is 13.4. The van der Waals surface area contributed by atoms with Crippen LogP contribution < -0.4 is 5.32 Å². The molecule has 1 fully saturated rings. The summed E-state index contributed by atoms with van der Waals surface area (Å²) >= 11 is 0.994. The van der Waals surface area contributed by atoms with Gasteiger partial charge in [0.15, 0.2) is 6.61 Å². The summed E-state index contributed by atoms with van der Waals surface area (Å²) in [5.74, 6) is -1.26. The van der Waals surface area contributed by atoms with Crippen LogP contribution in [0.2, 0.25) is 0 Å². The van der Waals surface area contributed by atoms with Gasteiger partial charge in [-0.05, 0) is 36.8 Å². The maximum atomic E-state index is 12.7. The molecule has 1 unspecified atom stereocenters. The topological polar surface area (TPSA) is 92.8 Å². The quantitative estimate of drug-likeness (QED) is 0.693. The zero-order valence-electron chi connectivity index (χ0n) is 15.5. The van der Waals surface area contributed by atoms with Crippen molar-refractivity contribution >= 4 is 33.2 Å². The van der Waals surface area contributed by atoms with Crippen molar-refractivity contribution in [2.24, 2.45) is 0 Å².